The maximum atomic E-state index is 12.9. The van der Waals surface area contributed by atoms with Crippen molar-refractivity contribution < 1.29 is 4.79 Å². The van der Waals surface area contributed by atoms with Gasteiger partial charge in [0.05, 0.1) is 5.54 Å². The van der Waals surface area contributed by atoms with Gasteiger partial charge in [-0.3, -0.25) is 9.69 Å². The Morgan fingerprint density at radius 1 is 1.40 bits per heavy atom. The van der Waals surface area contributed by atoms with Crippen LogP contribution >= 0.6 is 11.6 Å². The molecule has 0 radical (unpaired) electrons. The van der Waals surface area contributed by atoms with Crippen LogP contribution in [0.15, 0.2) is 24.3 Å². The van der Waals surface area contributed by atoms with Gasteiger partial charge in [0.15, 0.2) is 5.78 Å². The standard InChI is InChI=1S/C17H24ClNO/c1-13-7-6-10-17(12-13,19(2)3)16(20)11-14-8-4-5-9-15(14)18/h4-5,8-9,13H,6-7,10-12H2,1-3H3. The van der Waals surface area contributed by atoms with Gasteiger partial charge in [0.1, 0.15) is 0 Å². The van der Waals surface area contributed by atoms with Crippen molar-refractivity contribution in [3.8, 4) is 0 Å². The summed E-state index contributed by atoms with van der Waals surface area (Å²) >= 11 is 6.20. The molecule has 3 heteroatoms. The van der Waals surface area contributed by atoms with Crippen LogP contribution in [0.2, 0.25) is 5.02 Å². The zero-order chi connectivity index (χ0) is 14.8. The summed E-state index contributed by atoms with van der Waals surface area (Å²) in [6.45, 7) is 2.25. The van der Waals surface area contributed by atoms with Gasteiger partial charge in [-0.15, -0.1) is 0 Å². The van der Waals surface area contributed by atoms with E-state index >= 15 is 0 Å². The Morgan fingerprint density at radius 2 is 2.10 bits per heavy atom. The molecule has 1 aliphatic rings. The molecule has 2 nitrogen and oxygen atoms in total. The van der Waals surface area contributed by atoms with Crippen molar-refractivity contribution in [2.45, 2.75) is 44.6 Å². The summed E-state index contributed by atoms with van der Waals surface area (Å²) in [6, 6.07) is 7.66. The molecular formula is C17H24ClNO. The Balaban J connectivity index is 2.22. The van der Waals surface area contributed by atoms with Crippen LogP contribution in [0.1, 0.15) is 38.2 Å². The Bertz CT molecular complexity index is 486. The minimum Gasteiger partial charge on any atom is -0.297 e. The lowest BCUT2D eigenvalue weighted by atomic mass is 9.72. The van der Waals surface area contributed by atoms with E-state index in [9.17, 15) is 4.79 Å². The van der Waals surface area contributed by atoms with Gasteiger partial charge >= 0.3 is 0 Å². The molecule has 1 aromatic carbocycles. The zero-order valence-electron chi connectivity index (χ0n) is 12.7. The largest absolute Gasteiger partial charge is 0.297 e. The van der Waals surface area contributed by atoms with Crippen LogP contribution < -0.4 is 0 Å². The minimum atomic E-state index is -0.309. The second-order valence-corrected chi connectivity index (χ2v) is 6.73. The number of halogens is 1. The third-order valence-electron chi connectivity index (χ3n) is 4.66. The number of hydrogen-bond donors (Lipinski definition) is 0. The first-order valence-electron chi connectivity index (χ1n) is 7.40. The molecule has 1 aliphatic carbocycles. The van der Waals surface area contributed by atoms with Crippen LogP contribution in [0.4, 0.5) is 0 Å². The van der Waals surface area contributed by atoms with E-state index in [0.717, 1.165) is 24.8 Å². The molecule has 0 aliphatic heterocycles. The first-order chi connectivity index (χ1) is 9.45. The molecule has 0 spiro atoms. The maximum Gasteiger partial charge on any atom is 0.157 e. The quantitative estimate of drug-likeness (QED) is 0.837. The Hall–Kier alpha value is -0.860. The van der Waals surface area contributed by atoms with E-state index in [-0.39, 0.29) is 5.54 Å². The van der Waals surface area contributed by atoms with Crippen LogP contribution in [0, 0.1) is 5.92 Å². The summed E-state index contributed by atoms with van der Waals surface area (Å²) in [5.74, 6) is 0.920. The summed E-state index contributed by atoms with van der Waals surface area (Å²) in [5.41, 5.74) is 0.634. The summed E-state index contributed by atoms with van der Waals surface area (Å²) < 4.78 is 0. The smallest absolute Gasteiger partial charge is 0.157 e. The average molecular weight is 294 g/mol. The molecule has 110 valence electrons. The van der Waals surface area contributed by atoms with E-state index in [2.05, 4.69) is 11.8 Å². The van der Waals surface area contributed by atoms with Crippen LogP contribution in [-0.4, -0.2) is 30.3 Å². The number of Topliss-reactive ketones (excluding diaryl/α,β-unsaturated/α-hetero) is 1. The third-order valence-corrected chi connectivity index (χ3v) is 5.03. The number of benzene rings is 1. The Kier molecular flexibility index (Phi) is 4.87. The van der Waals surface area contributed by atoms with Crippen LogP contribution in [-0.2, 0) is 11.2 Å². The Morgan fingerprint density at radius 3 is 2.70 bits per heavy atom. The molecule has 1 aromatic rings. The summed E-state index contributed by atoms with van der Waals surface area (Å²) in [6.07, 6.45) is 4.73. The van der Waals surface area contributed by atoms with Crippen molar-refractivity contribution in [1.29, 1.82) is 0 Å². The van der Waals surface area contributed by atoms with E-state index in [4.69, 9.17) is 11.6 Å². The molecule has 0 bridgehead atoms. The number of likely N-dealkylation sites (N-methyl/N-ethyl adjacent to an activating group) is 1. The summed E-state index contributed by atoms with van der Waals surface area (Å²) in [4.78, 5) is 15.1. The average Bonchev–Trinajstić information content (AvgIpc) is 2.41. The highest BCUT2D eigenvalue weighted by atomic mass is 35.5. The third kappa shape index (κ3) is 3.07. The van der Waals surface area contributed by atoms with E-state index in [1.54, 1.807) is 0 Å². The number of nitrogens with zero attached hydrogens (tertiary/aromatic N) is 1. The zero-order valence-corrected chi connectivity index (χ0v) is 13.4. The van der Waals surface area contributed by atoms with Crippen LogP contribution in [0.25, 0.3) is 0 Å². The SMILES string of the molecule is CC1CCCC(C(=O)Cc2ccccc2Cl)(N(C)C)C1. The second kappa shape index (κ2) is 6.28. The van der Waals surface area contributed by atoms with Gasteiger partial charge in [0, 0.05) is 11.4 Å². The Labute approximate surface area is 127 Å². The van der Waals surface area contributed by atoms with Crippen molar-refractivity contribution in [3.63, 3.8) is 0 Å². The van der Waals surface area contributed by atoms with E-state index in [1.807, 2.05) is 38.4 Å². The number of carbonyl (C=O) groups excluding carboxylic acids is 1. The molecular weight excluding hydrogens is 270 g/mol. The van der Waals surface area contributed by atoms with Crippen molar-refractivity contribution in [1.82, 2.24) is 4.90 Å². The summed E-state index contributed by atoms with van der Waals surface area (Å²) in [5, 5.41) is 0.693. The number of rotatable bonds is 4. The first-order valence-corrected chi connectivity index (χ1v) is 7.77. The lowest BCUT2D eigenvalue weighted by molar-refractivity contribution is -0.132. The van der Waals surface area contributed by atoms with Gasteiger partial charge in [0.2, 0.25) is 0 Å². The highest BCUT2D eigenvalue weighted by molar-refractivity contribution is 6.31. The van der Waals surface area contributed by atoms with Crippen molar-refractivity contribution in [3.05, 3.63) is 34.9 Å². The number of ketones is 1. The molecule has 2 atom stereocenters. The highest BCUT2D eigenvalue weighted by Gasteiger charge is 2.42. The summed E-state index contributed by atoms with van der Waals surface area (Å²) in [7, 11) is 4.06. The fourth-order valence-electron chi connectivity index (χ4n) is 3.41. The van der Waals surface area contributed by atoms with Gasteiger partial charge in [-0.05, 0) is 44.5 Å². The van der Waals surface area contributed by atoms with Crippen molar-refractivity contribution >= 4 is 17.4 Å². The predicted molar refractivity (Wildman–Crippen MR) is 84.2 cm³/mol. The first kappa shape index (κ1) is 15.5. The normalized spacial score (nSPS) is 26.8. The minimum absolute atomic E-state index is 0.308. The fourth-order valence-corrected chi connectivity index (χ4v) is 3.61. The van der Waals surface area contributed by atoms with Gasteiger partial charge in [-0.25, -0.2) is 0 Å². The van der Waals surface area contributed by atoms with Crippen LogP contribution in [0.5, 0.6) is 0 Å². The lowest BCUT2D eigenvalue weighted by Crippen LogP contribution is -2.54. The molecule has 0 amide bonds. The van der Waals surface area contributed by atoms with Crippen molar-refractivity contribution in [2.75, 3.05) is 14.1 Å². The van der Waals surface area contributed by atoms with Gasteiger partial charge in [-0.2, -0.15) is 0 Å². The maximum absolute atomic E-state index is 12.9. The second-order valence-electron chi connectivity index (χ2n) is 6.32. The molecule has 0 saturated heterocycles. The van der Waals surface area contributed by atoms with Gasteiger partial charge in [0.25, 0.3) is 0 Å². The molecule has 20 heavy (non-hydrogen) atoms. The van der Waals surface area contributed by atoms with E-state index in [1.165, 1.54) is 6.42 Å². The molecule has 0 heterocycles. The molecule has 1 fully saturated rings. The molecule has 0 N–H and O–H groups in total. The van der Waals surface area contributed by atoms with Gasteiger partial charge in [-0.1, -0.05) is 49.6 Å². The van der Waals surface area contributed by atoms with E-state index < -0.39 is 0 Å². The highest BCUT2D eigenvalue weighted by Crippen LogP contribution is 2.37. The molecule has 2 unspecified atom stereocenters. The monoisotopic (exact) mass is 293 g/mol. The van der Waals surface area contributed by atoms with Crippen LogP contribution in [0.3, 0.4) is 0 Å². The predicted octanol–water partition coefficient (Wildman–Crippen LogP) is 3.96. The number of hydrogen-bond acceptors (Lipinski definition) is 2. The van der Waals surface area contributed by atoms with E-state index in [0.29, 0.717) is 23.1 Å². The van der Waals surface area contributed by atoms with Gasteiger partial charge < -0.3 is 0 Å². The topological polar surface area (TPSA) is 20.3 Å². The molecule has 1 saturated carbocycles. The molecule has 0 aromatic heterocycles. The molecule has 2 rings (SSSR count). The lowest BCUT2D eigenvalue weighted by Gasteiger charge is -2.44. The number of carbonyl (C=O) groups is 1. The fraction of sp³-hybridized carbons (Fsp3) is 0.588. The van der Waals surface area contributed by atoms with Crippen molar-refractivity contribution in [2.24, 2.45) is 5.92 Å².